The van der Waals surface area contributed by atoms with E-state index >= 15 is 0 Å². The Morgan fingerprint density at radius 1 is 1.38 bits per heavy atom. The van der Waals surface area contributed by atoms with Crippen molar-refractivity contribution in [3.05, 3.63) is 22.4 Å². The van der Waals surface area contributed by atoms with Gasteiger partial charge in [0.2, 0.25) is 0 Å². The summed E-state index contributed by atoms with van der Waals surface area (Å²) in [7, 11) is 0. The molecule has 21 heavy (non-hydrogen) atoms. The third-order valence-corrected chi connectivity index (χ3v) is 5.58. The second kappa shape index (κ2) is 7.70. The van der Waals surface area contributed by atoms with Crippen molar-refractivity contribution in [3.63, 3.8) is 0 Å². The number of nitrogens with one attached hydrogen (secondary N) is 1. The van der Waals surface area contributed by atoms with E-state index in [4.69, 9.17) is 4.74 Å². The number of thiophene rings is 1. The standard InChI is InChI=1S/C16H27N3OS/c1-14(11-17-12-16-3-2-10-21-16)19-5-4-15(13-19)18-6-8-20-9-7-18/h2-3,10,14-15,17H,4-9,11-13H2,1H3. The molecule has 5 heteroatoms. The zero-order valence-electron chi connectivity index (χ0n) is 13.0. The fraction of sp³-hybridized carbons (Fsp3) is 0.750. The smallest absolute Gasteiger partial charge is 0.0594 e. The quantitative estimate of drug-likeness (QED) is 0.864. The van der Waals surface area contributed by atoms with Gasteiger partial charge in [-0.25, -0.2) is 0 Å². The Kier molecular flexibility index (Phi) is 5.66. The molecule has 0 amide bonds. The van der Waals surface area contributed by atoms with Gasteiger partial charge in [-0.2, -0.15) is 0 Å². The van der Waals surface area contributed by atoms with Crippen LogP contribution in [0.5, 0.6) is 0 Å². The lowest BCUT2D eigenvalue weighted by molar-refractivity contribution is 0.0178. The highest BCUT2D eigenvalue weighted by atomic mass is 32.1. The van der Waals surface area contributed by atoms with E-state index in [0.29, 0.717) is 6.04 Å². The number of likely N-dealkylation sites (tertiary alicyclic amines) is 1. The van der Waals surface area contributed by atoms with Crippen LogP contribution in [0.4, 0.5) is 0 Å². The van der Waals surface area contributed by atoms with Crippen molar-refractivity contribution >= 4 is 11.3 Å². The largest absolute Gasteiger partial charge is 0.379 e. The van der Waals surface area contributed by atoms with Crippen LogP contribution in [0.2, 0.25) is 0 Å². The molecule has 0 spiro atoms. The topological polar surface area (TPSA) is 27.7 Å². The molecular formula is C16H27N3OS. The number of nitrogens with zero attached hydrogens (tertiary/aromatic N) is 2. The van der Waals surface area contributed by atoms with Gasteiger partial charge >= 0.3 is 0 Å². The van der Waals surface area contributed by atoms with E-state index in [1.807, 2.05) is 11.3 Å². The van der Waals surface area contributed by atoms with E-state index in [2.05, 4.69) is 39.6 Å². The number of morpholine rings is 1. The Balaban J connectivity index is 1.38. The van der Waals surface area contributed by atoms with Crippen molar-refractivity contribution in [2.45, 2.75) is 32.0 Å². The molecule has 2 fully saturated rings. The monoisotopic (exact) mass is 309 g/mol. The Hall–Kier alpha value is -0.460. The summed E-state index contributed by atoms with van der Waals surface area (Å²) in [6, 6.07) is 5.69. The second-order valence-corrected chi connectivity index (χ2v) is 7.18. The van der Waals surface area contributed by atoms with Crippen LogP contribution >= 0.6 is 11.3 Å². The molecule has 2 aliphatic heterocycles. The normalized spacial score (nSPS) is 26.2. The van der Waals surface area contributed by atoms with Gasteiger partial charge in [0.05, 0.1) is 13.2 Å². The summed E-state index contributed by atoms with van der Waals surface area (Å²) < 4.78 is 5.46. The Bertz CT molecular complexity index is 406. The van der Waals surface area contributed by atoms with Crippen molar-refractivity contribution in [3.8, 4) is 0 Å². The average molecular weight is 309 g/mol. The summed E-state index contributed by atoms with van der Waals surface area (Å²) >= 11 is 1.83. The van der Waals surface area contributed by atoms with Gasteiger partial charge in [-0.15, -0.1) is 11.3 Å². The van der Waals surface area contributed by atoms with E-state index in [0.717, 1.165) is 45.4 Å². The molecule has 2 unspecified atom stereocenters. The van der Waals surface area contributed by atoms with Crippen LogP contribution in [-0.2, 0) is 11.3 Å². The van der Waals surface area contributed by atoms with Crippen molar-refractivity contribution in [1.29, 1.82) is 0 Å². The maximum Gasteiger partial charge on any atom is 0.0594 e. The van der Waals surface area contributed by atoms with Gasteiger partial charge in [-0.1, -0.05) is 6.07 Å². The van der Waals surface area contributed by atoms with Gasteiger partial charge in [-0.3, -0.25) is 9.80 Å². The summed E-state index contributed by atoms with van der Waals surface area (Å²) in [5, 5.41) is 5.74. The zero-order valence-corrected chi connectivity index (χ0v) is 13.8. The van der Waals surface area contributed by atoms with Gasteiger partial charge in [0.25, 0.3) is 0 Å². The van der Waals surface area contributed by atoms with E-state index in [1.165, 1.54) is 24.4 Å². The van der Waals surface area contributed by atoms with Gasteiger partial charge in [0.15, 0.2) is 0 Å². The van der Waals surface area contributed by atoms with Gasteiger partial charge in [0, 0.05) is 56.2 Å². The van der Waals surface area contributed by atoms with Gasteiger partial charge < -0.3 is 10.1 Å². The second-order valence-electron chi connectivity index (χ2n) is 6.15. The lowest BCUT2D eigenvalue weighted by Gasteiger charge is -2.33. The predicted molar refractivity (Wildman–Crippen MR) is 87.9 cm³/mol. The average Bonchev–Trinajstić information content (AvgIpc) is 3.20. The molecule has 3 heterocycles. The van der Waals surface area contributed by atoms with E-state index in [-0.39, 0.29) is 0 Å². The lowest BCUT2D eigenvalue weighted by Crippen LogP contribution is -2.46. The highest BCUT2D eigenvalue weighted by Crippen LogP contribution is 2.19. The van der Waals surface area contributed by atoms with Gasteiger partial charge in [0.1, 0.15) is 0 Å². The molecule has 0 aliphatic carbocycles. The van der Waals surface area contributed by atoms with Crippen molar-refractivity contribution < 1.29 is 4.74 Å². The summed E-state index contributed by atoms with van der Waals surface area (Å²) in [5.41, 5.74) is 0. The number of hydrogen-bond acceptors (Lipinski definition) is 5. The fourth-order valence-electron chi connectivity index (χ4n) is 3.36. The maximum absolute atomic E-state index is 5.46. The third-order valence-electron chi connectivity index (χ3n) is 4.70. The fourth-order valence-corrected chi connectivity index (χ4v) is 4.03. The minimum Gasteiger partial charge on any atom is -0.379 e. The van der Waals surface area contributed by atoms with Crippen LogP contribution in [0.25, 0.3) is 0 Å². The molecule has 4 nitrogen and oxygen atoms in total. The molecule has 0 aromatic carbocycles. The molecule has 0 bridgehead atoms. The summed E-state index contributed by atoms with van der Waals surface area (Å²) in [6.07, 6.45) is 1.31. The van der Waals surface area contributed by atoms with E-state index < -0.39 is 0 Å². The Labute approximate surface area is 132 Å². The molecule has 2 atom stereocenters. The predicted octanol–water partition coefficient (Wildman–Crippen LogP) is 1.63. The maximum atomic E-state index is 5.46. The number of ether oxygens (including phenoxy) is 1. The third kappa shape index (κ3) is 4.27. The molecule has 0 radical (unpaired) electrons. The first-order valence-corrected chi connectivity index (χ1v) is 9.00. The van der Waals surface area contributed by atoms with Crippen LogP contribution in [0.1, 0.15) is 18.2 Å². The van der Waals surface area contributed by atoms with Crippen LogP contribution in [0.15, 0.2) is 17.5 Å². The number of rotatable bonds is 6. The first-order chi connectivity index (χ1) is 10.3. The molecule has 3 rings (SSSR count). The molecule has 1 aromatic heterocycles. The first kappa shape index (κ1) is 15.4. The van der Waals surface area contributed by atoms with Gasteiger partial charge in [-0.05, 0) is 24.8 Å². The van der Waals surface area contributed by atoms with Crippen LogP contribution in [0, 0.1) is 0 Å². The molecule has 2 saturated heterocycles. The van der Waals surface area contributed by atoms with Crippen molar-refractivity contribution in [1.82, 2.24) is 15.1 Å². The highest BCUT2D eigenvalue weighted by molar-refractivity contribution is 7.09. The minimum atomic E-state index is 0.621. The Morgan fingerprint density at radius 3 is 3.00 bits per heavy atom. The van der Waals surface area contributed by atoms with E-state index in [1.54, 1.807) is 0 Å². The molecule has 118 valence electrons. The van der Waals surface area contributed by atoms with Crippen LogP contribution in [0.3, 0.4) is 0 Å². The molecule has 1 N–H and O–H groups in total. The summed E-state index contributed by atoms with van der Waals surface area (Å²) in [4.78, 5) is 6.69. The zero-order chi connectivity index (χ0) is 14.5. The van der Waals surface area contributed by atoms with E-state index in [9.17, 15) is 0 Å². The SMILES string of the molecule is CC(CNCc1cccs1)N1CCC(N2CCOCC2)C1. The van der Waals surface area contributed by atoms with Crippen molar-refractivity contribution in [2.24, 2.45) is 0 Å². The molecular weight excluding hydrogens is 282 g/mol. The Morgan fingerprint density at radius 2 is 2.24 bits per heavy atom. The number of hydrogen-bond donors (Lipinski definition) is 1. The van der Waals surface area contributed by atoms with Crippen molar-refractivity contribution in [2.75, 3.05) is 45.9 Å². The minimum absolute atomic E-state index is 0.621. The summed E-state index contributed by atoms with van der Waals surface area (Å²) in [5.74, 6) is 0. The molecule has 2 aliphatic rings. The highest BCUT2D eigenvalue weighted by Gasteiger charge is 2.30. The van der Waals surface area contributed by atoms with Crippen LogP contribution in [-0.4, -0.2) is 67.8 Å². The molecule has 0 saturated carbocycles. The lowest BCUT2D eigenvalue weighted by atomic mass is 10.2. The molecule has 1 aromatic rings. The van der Waals surface area contributed by atoms with Crippen LogP contribution < -0.4 is 5.32 Å². The summed E-state index contributed by atoms with van der Waals surface area (Å²) in [6.45, 7) is 10.9. The first-order valence-electron chi connectivity index (χ1n) is 8.12.